The maximum Gasteiger partial charge on any atom is 0.237 e. The minimum Gasteiger partial charge on any atom is -0.339 e. The number of likely N-dealkylation sites (tertiary alicyclic amines) is 1. The number of carbonyl (C=O) groups is 1. The number of hydrogen-bond acceptors (Lipinski definition) is 4. The minimum absolute atomic E-state index is 0.0900. The lowest BCUT2D eigenvalue weighted by atomic mass is 9.96. The van der Waals surface area contributed by atoms with Crippen molar-refractivity contribution in [2.24, 2.45) is 0 Å². The largest absolute Gasteiger partial charge is 0.339 e. The van der Waals surface area contributed by atoms with Crippen molar-refractivity contribution in [3.63, 3.8) is 0 Å². The van der Waals surface area contributed by atoms with E-state index in [9.17, 15) is 4.79 Å². The molecular weight excluding hydrogens is 290 g/mol. The molecular formula is C18H19N3O2. The van der Waals surface area contributed by atoms with Crippen LogP contribution in [0.3, 0.4) is 0 Å². The first kappa shape index (κ1) is 13.3. The molecule has 2 saturated carbocycles. The van der Waals surface area contributed by atoms with Gasteiger partial charge < -0.3 is 9.42 Å². The number of carbonyl (C=O) groups excluding carboxylic acids is 1. The fraction of sp³-hybridized carbons (Fsp3) is 0.500. The number of nitrogens with zero attached hydrogens (tertiary/aromatic N) is 3. The van der Waals surface area contributed by atoms with Crippen molar-refractivity contribution < 1.29 is 9.32 Å². The summed E-state index contributed by atoms with van der Waals surface area (Å²) >= 11 is 0. The van der Waals surface area contributed by atoms with Gasteiger partial charge in [-0.3, -0.25) is 4.79 Å². The Morgan fingerprint density at radius 3 is 2.65 bits per heavy atom. The lowest BCUT2D eigenvalue weighted by Gasteiger charge is -2.14. The van der Waals surface area contributed by atoms with Gasteiger partial charge in [0.1, 0.15) is 0 Å². The number of hydrogen-bond donors (Lipinski definition) is 0. The van der Waals surface area contributed by atoms with E-state index in [-0.39, 0.29) is 17.2 Å². The van der Waals surface area contributed by atoms with Crippen LogP contribution in [0.1, 0.15) is 55.3 Å². The van der Waals surface area contributed by atoms with Gasteiger partial charge in [-0.05, 0) is 31.2 Å². The van der Waals surface area contributed by atoms with Crippen LogP contribution in [0.2, 0.25) is 0 Å². The van der Waals surface area contributed by atoms with Gasteiger partial charge >= 0.3 is 0 Å². The van der Waals surface area contributed by atoms with Crippen molar-refractivity contribution in [1.82, 2.24) is 15.0 Å². The van der Waals surface area contributed by atoms with Crippen molar-refractivity contribution in [2.75, 3.05) is 6.54 Å². The molecule has 2 heterocycles. The fourth-order valence-electron chi connectivity index (χ4n) is 3.75. The third kappa shape index (κ3) is 2.10. The molecule has 3 fully saturated rings. The Bertz CT molecular complexity index is 747. The molecule has 5 nitrogen and oxygen atoms in total. The van der Waals surface area contributed by atoms with Crippen LogP contribution in [-0.2, 0) is 10.2 Å². The summed E-state index contributed by atoms with van der Waals surface area (Å²) in [5, 5.41) is 4.21. The highest BCUT2D eigenvalue weighted by atomic mass is 16.5. The van der Waals surface area contributed by atoms with Gasteiger partial charge in [0.15, 0.2) is 5.82 Å². The highest BCUT2D eigenvalue weighted by Crippen LogP contribution is 2.53. The Balaban J connectivity index is 1.40. The molecule has 0 N–H and O–H groups in total. The third-order valence-corrected chi connectivity index (χ3v) is 5.44. The van der Waals surface area contributed by atoms with Gasteiger partial charge in [0, 0.05) is 24.9 Å². The average Bonchev–Trinajstić information content (AvgIpc) is 3.50. The summed E-state index contributed by atoms with van der Waals surface area (Å²) in [4.78, 5) is 18.8. The van der Waals surface area contributed by atoms with Gasteiger partial charge in [-0.15, -0.1) is 0 Å². The molecule has 0 unspecified atom stereocenters. The predicted molar refractivity (Wildman–Crippen MR) is 82.8 cm³/mol. The molecule has 1 aromatic carbocycles. The molecule has 3 aliphatic rings. The van der Waals surface area contributed by atoms with Crippen LogP contribution in [0.5, 0.6) is 0 Å². The Kier molecular flexibility index (Phi) is 2.69. The van der Waals surface area contributed by atoms with Crippen molar-refractivity contribution in [3.8, 4) is 0 Å². The fourth-order valence-corrected chi connectivity index (χ4v) is 3.75. The number of benzene rings is 1. The van der Waals surface area contributed by atoms with Gasteiger partial charge in [-0.1, -0.05) is 35.5 Å². The lowest BCUT2D eigenvalue weighted by Crippen LogP contribution is -2.27. The third-order valence-electron chi connectivity index (χ3n) is 5.44. The molecule has 1 atom stereocenters. The summed E-state index contributed by atoms with van der Waals surface area (Å²) in [7, 11) is 0. The van der Waals surface area contributed by atoms with E-state index < -0.39 is 0 Å². The van der Waals surface area contributed by atoms with Crippen molar-refractivity contribution in [2.45, 2.75) is 49.5 Å². The smallest absolute Gasteiger partial charge is 0.237 e. The molecule has 1 aliphatic heterocycles. The summed E-state index contributed by atoms with van der Waals surface area (Å²) in [5.41, 5.74) is 1.16. The van der Waals surface area contributed by atoms with Gasteiger partial charge in [-0.25, -0.2) is 0 Å². The molecule has 1 saturated heterocycles. The second-order valence-corrected chi connectivity index (χ2v) is 7.08. The average molecular weight is 309 g/mol. The predicted octanol–water partition coefficient (Wildman–Crippen LogP) is 2.63. The van der Waals surface area contributed by atoms with Crippen LogP contribution >= 0.6 is 0 Å². The molecule has 5 rings (SSSR count). The zero-order valence-electron chi connectivity index (χ0n) is 12.9. The SMILES string of the molecule is O=C1C[C@@H](c2noc(C3(c4ccccc4)CC3)n2)CN1C1CC1. The summed E-state index contributed by atoms with van der Waals surface area (Å²) in [6.07, 6.45) is 4.92. The summed E-state index contributed by atoms with van der Waals surface area (Å²) in [5.74, 6) is 1.76. The zero-order chi connectivity index (χ0) is 15.4. The molecule has 0 radical (unpaired) electrons. The number of amides is 1. The second kappa shape index (κ2) is 4.66. The second-order valence-electron chi connectivity index (χ2n) is 7.08. The van der Waals surface area contributed by atoms with E-state index in [0.29, 0.717) is 18.3 Å². The van der Waals surface area contributed by atoms with Crippen LogP contribution in [0.25, 0.3) is 0 Å². The highest BCUT2D eigenvalue weighted by molar-refractivity contribution is 5.80. The van der Waals surface area contributed by atoms with Crippen LogP contribution in [0.15, 0.2) is 34.9 Å². The molecule has 1 amide bonds. The highest BCUT2D eigenvalue weighted by Gasteiger charge is 2.51. The van der Waals surface area contributed by atoms with Crippen molar-refractivity contribution >= 4 is 5.91 Å². The van der Waals surface area contributed by atoms with Gasteiger partial charge in [0.25, 0.3) is 0 Å². The molecule has 1 aromatic heterocycles. The Morgan fingerprint density at radius 1 is 1.17 bits per heavy atom. The topological polar surface area (TPSA) is 59.2 Å². The Morgan fingerprint density at radius 2 is 1.96 bits per heavy atom. The number of aromatic nitrogens is 2. The minimum atomic E-state index is -0.0920. The summed E-state index contributed by atoms with van der Waals surface area (Å²) < 4.78 is 5.61. The van der Waals surface area contributed by atoms with E-state index in [1.54, 1.807) is 0 Å². The standard InChI is InChI=1S/C18H19N3O2/c22-15-10-12(11-21(15)14-6-7-14)16-19-17(23-20-16)18(8-9-18)13-4-2-1-3-5-13/h1-5,12,14H,6-11H2/t12-/m1/s1. The van der Waals surface area contributed by atoms with Crippen LogP contribution in [-0.4, -0.2) is 33.5 Å². The Labute approximate surface area is 134 Å². The van der Waals surface area contributed by atoms with E-state index in [1.807, 2.05) is 11.0 Å². The van der Waals surface area contributed by atoms with Crippen molar-refractivity contribution in [1.29, 1.82) is 0 Å². The van der Waals surface area contributed by atoms with Gasteiger partial charge in [-0.2, -0.15) is 4.98 Å². The van der Waals surface area contributed by atoms with Gasteiger partial charge in [0.2, 0.25) is 11.8 Å². The Hall–Kier alpha value is -2.17. The first-order valence-electron chi connectivity index (χ1n) is 8.45. The van der Waals surface area contributed by atoms with E-state index >= 15 is 0 Å². The van der Waals surface area contributed by atoms with Crippen LogP contribution in [0, 0.1) is 0 Å². The van der Waals surface area contributed by atoms with E-state index in [1.165, 1.54) is 5.56 Å². The van der Waals surface area contributed by atoms with Crippen LogP contribution < -0.4 is 0 Å². The van der Waals surface area contributed by atoms with E-state index in [0.717, 1.165) is 38.1 Å². The zero-order valence-corrected chi connectivity index (χ0v) is 12.9. The molecule has 118 valence electrons. The monoisotopic (exact) mass is 309 g/mol. The molecule has 2 aliphatic carbocycles. The first-order chi connectivity index (χ1) is 11.3. The molecule has 0 bridgehead atoms. The van der Waals surface area contributed by atoms with E-state index in [2.05, 4.69) is 29.4 Å². The summed E-state index contributed by atoms with van der Waals surface area (Å²) in [6.45, 7) is 0.751. The molecule has 23 heavy (non-hydrogen) atoms. The quantitative estimate of drug-likeness (QED) is 0.871. The normalized spacial score (nSPS) is 25.8. The van der Waals surface area contributed by atoms with Crippen molar-refractivity contribution in [3.05, 3.63) is 47.6 Å². The molecule has 5 heteroatoms. The number of rotatable bonds is 4. The van der Waals surface area contributed by atoms with Gasteiger partial charge in [0.05, 0.1) is 5.41 Å². The molecule has 0 spiro atoms. The maximum absolute atomic E-state index is 12.1. The summed E-state index contributed by atoms with van der Waals surface area (Å²) in [6, 6.07) is 10.9. The van der Waals surface area contributed by atoms with E-state index in [4.69, 9.17) is 9.51 Å². The first-order valence-corrected chi connectivity index (χ1v) is 8.45. The van der Waals surface area contributed by atoms with Crippen LogP contribution in [0.4, 0.5) is 0 Å². The molecule has 2 aromatic rings. The maximum atomic E-state index is 12.1. The lowest BCUT2D eigenvalue weighted by molar-refractivity contribution is -0.128.